The van der Waals surface area contributed by atoms with E-state index in [1.54, 1.807) is 25.2 Å². The van der Waals surface area contributed by atoms with Crippen LogP contribution in [0.3, 0.4) is 0 Å². The van der Waals surface area contributed by atoms with Gasteiger partial charge in [0, 0.05) is 20.6 Å². The van der Waals surface area contributed by atoms with Crippen LogP contribution < -0.4 is 10.6 Å². The first-order valence-electron chi connectivity index (χ1n) is 8.30. The number of halogens is 4. The summed E-state index contributed by atoms with van der Waals surface area (Å²) >= 11 is 0. The van der Waals surface area contributed by atoms with Crippen molar-refractivity contribution in [3.63, 3.8) is 0 Å². The van der Waals surface area contributed by atoms with Crippen LogP contribution in [0.5, 0.6) is 0 Å². The third-order valence-electron chi connectivity index (χ3n) is 3.81. The molecule has 1 aromatic heterocycles. The lowest BCUT2D eigenvalue weighted by Crippen LogP contribution is -2.36. The molecule has 0 bridgehead atoms. The van der Waals surface area contributed by atoms with Crippen LogP contribution in [-0.4, -0.2) is 40.6 Å². The smallest absolute Gasteiger partial charge is 0.367 e. The zero-order valence-electron chi connectivity index (χ0n) is 15.9. The number of alkyl halides is 3. The summed E-state index contributed by atoms with van der Waals surface area (Å²) in [5, 5.41) is 14.4. The molecule has 0 saturated heterocycles. The van der Waals surface area contributed by atoms with E-state index in [9.17, 15) is 13.2 Å². The fourth-order valence-electron chi connectivity index (χ4n) is 2.29. The molecule has 156 valence electrons. The van der Waals surface area contributed by atoms with E-state index < -0.39 is 12.8 Å². The molecule has 0 aliphatic rings. The van der Waals surface area contributed by atoms with Crippen molar-refractivity contribution in [1.82, 2.24) is 25.4 Å². The van der Waals surface area contributed by atoms with Gasteiger partial charge in [-0.15, -0.1) is 34.2 Å². The largest absolute Gasteiger partial charge is 0.411 e. The molecule has 28 heavy (non-hydrogen) atoms. The van der Waals surface area contributed by atoms with Crippen LogP contribution in [0.2, 0.25) is 0 Å². The molecule has 11 heteroatoms. The van der Waals surface area contributed by atoms with Crippen LogP contribution in [0.1, 0.15) is 22.8 Å². The highest BCUT2D eigenvalue weighted by Crippen LogP contribution is 2.16. The zero-order chi connectivity index (χ0) is 19.9. The predicted octanol–water partition coefficient (Wildman–Crippen LogP) is 2.69. The predicted molar refractivity (Wildman–Crippen MR) is 110 cm³/mol. The third kappa shape index (κ3) is 8.00. The molecule has 0 unspecified atom stereocenters. The molecule has 0 radical (unpaired) electrons. The van der Waals surface area contributed by atoms with Crippen LogP contribution in [0.25, 0.3) is 0 Å². The van der Waals surface area contributed by atoms with Crippen LogP contribution in [0, 0.1) is 6.92 Å². The molecule has 0 aliphatic carbocycles. The highest BCUT2D eigenvalue weighted by Gasteiger charge is 2.27. The fraction of sp³-hybridized carbons (Fsp3) is 0.471. The molecule has 2 rings (SSSR count). The molecular weight excluding hydrogens is 488 g/mol. The third-order valence-corrected chi connectivity index (χ3v) is 3.81. The second-order valence-electron chi connectivity index (χ2n) is 5.93. The van der Waals surface area contributed by atoms with Crippen molar-refractivity contribution in [2.24, 2.45) is 12.0 Å². The minimum atomic E-state index is -4.32. The Labute approximate surface area is 178 Å². The highest BCUT2D eigenvalue weighted by atomic mass is 127. The number of hydrogen-bond donors (Lipinski definition) is 2. The summed E-state index contributed by atoms with van der Waals surface area (Å²) in [6.07, 6.45) is -4.32. The van der Waals surface area contributed by atoms with Crippen molar-refractivity contribution in [1.29, 1.82) is 0 Å². The summed E-state index contributed by atoms with van der Waals surface area (Å²) in [4.78, 5) is 4.14. The lowest BCUT2D eigenvalue weighted by atomic mass is 10.1. The minimum Gasteiger partial charge on any atom is -0.367 e. The maximum absolute atomic E-state index is 12.1. The quantitative estimate of drug-likeness (QED) is 0.339. The molecule has 0 fully saturated rings. The van der Waals surface area contributed by atoms with Gasteiger partial charge in [0.1, 0.15) is 12.4 Å². The maximum atomic E-state index is 12.1. The van der Waals surface area contributed by atoms with Gasteiger partial charge in [0.05, 0.1) is 13.2 Å². The van der Waals surface area contributed by atoms with Gasteiger partial charge in [-0.3, -0.25) is 4.99 Å². The number of benzene rings is 1. The number of nitrogens with one attached hydrogen (secondary N) is 2. The topological polar surface area (TPSA) is 76.4 Å². The maximum Gasteiger partial charge on any atom is 0.411 e. The van der Waals surface area contributed by atoms with Gasteiger partial charge in [-0.2, -0.15) is 13.2 Å². The standard InChI is InChI=1S/C17H23F3N6O.HI/c1-12-24-25-15(26(12)3)9-23-16(21-2)22-8-13-5-4-6-14(7-13)10-27-11-17(18,19)20;/h4-7H,8-11H2,1-3H3,(H2,21,22,23);1H. The number of guanidine groups is 1. The molecule has 2 aromatic rings. The second kappa shape index (κ2) is 11.2. The van der Waals surface area contributed by atoms with Crippen molar-refractivity contribution < 1.29 is 17.9 Å². The molecule has 7 nitrogen and oxygen atoms in total. The summed E-state index contributed by atoms with van der Waals surface area (Å²) in [7, 11) is 3.54. The van der Waals surface area contributed by atoms with Crippen molar-refractivity contribution in [2.75, 3.05) is 13.7 Å². The highest BCUT2D eigenvalue weighted by molar-refractivity contribution is 14.0. The van der Waals surface area contributed by atoms with Gasteiger partial charge in [-0.1, -0.05) is 24.3 Å². The summed E-state index contributed by atoms with van der Waals surface area (Å²) in [5.41, 5.74) is 1.58. The summed E-state index contributed by atoms with van der Waals surface area (Å²) < 4.78 is 43.0. The number of aryl methyl sites for hydroxylation is 1. The van der Waals surface area contributed by atoms with E-state index in [1.165, 1.54) is 0 Å². The molecule has 0 amide bonds. The summed E-state index contributed by atoms with van der Waals surface area (Å²) in [5.74, 6) is 2.17. The van der Waals surface area contributed by atoms with E-state index in [4.69, 9.17) is 0 Å². The molecule has 0 saturated carbocycles. The van der Waals surface area contributed by atoms with Gasteiger partial charge in [0.2, 0.25) is 0 Å². The zero-order valence-corrected chi connectivity index (χ0v) is 18.2. The average molecular weight is 512 g/mol. The average Bonchev–Trinajstić information content (AvgIpc) is 2.93. The van der Waals surface area contributed by atoms with Gasteiger partial charge in [-0.05, 0) is 18.1 Å². The van der Waals surface area contributed by atoms with Crippen LogP contribution in [0.4, 0.5) is 13.2 Å². The normalized spacial score (nSPS) is 11.9. The van der Waals surface area contributed by atoms with E-state index >= 15 is 0 Å². The molecule has 1 aromatic carbocycles. The van der Waals surface area contributed by atoms with E-state index in [0.717, 1.165) is 17.2 Å². The first kappa shape index (κ1) is 24.1. The molecule has 0 aliphatic heterocycles. The first-order valence-corrected chi connectivity index (χ1v) is 8.30. The summed E-state index contributed by atoms with van der Waals surface area (Å²) in [6.45, 7) is 1.45. The first-order chi connectivity index (χ1) is 12.8. The Hall–Kier alpha value is -1.89. The Kier molecular flexibility index (Phi) is 9.65. The van der Waals surface area contributed by atoms with Crippen LogP contribution >= 0.6 is 24.0 Å². The fourth-order valence-corrected chi connectivity index (χ4v) is 2.29. The lowest BCUT2D eigenvalue weighted by Gasteiger charge is -2.13. The van der Waals surface area contributed by atoms with Gasteiger partial charge in [0.15, 0.2) is 11.8 Å². The minimum absolute atomic E-state index is 0. The van der Waals surface area contributed by atoms with E-state index in [0.29, 0.717) is 24.6 Å². The molecular formula is C17H24F3IN6O. The van der Waals surface area contributed by atoms with Crippen molar-refractivity contribution in [2.45, 2.75) is 32.8 Å². The van der Waals surface area contributed by atoms with Crippen molar-refractivity contribution >= 4 is 29.9 Å². The number of rotatable bonds is 7. The number of aromatic nitrogens is 3. The van der Waals surface area contributed by atoms with Gasteiger partial charge < -0.3 is 19.9 Å². The van der Waals surface area contributed by atoms with Gasteiger partial charge >= 0.3 is 6.18 Å². The Morgan fingerprint density at radius 2 is 1.86 bits per heavy atom. The van der Waals surface area contributed by atoms with E-state index in [1.807, 2.05) is 24.6 Å². The number of nitrogens with zero attached hydrogens (tertiary/aromatic N) is 4. The van der Waals surface area contributed by atoms with E-state index in [2.05, 4.69) is 30.6 Å². The number of hydrogen-bond acceptors (Lipinski definition) is 4. The summed E-state index contributed by atoms with van der Waals surface area (Å²) in [6, 6.07) is 7.17. The molecule has 1 heterocycles. The lowest BCUT2D eigenvalue weighted by molar-refractivity contribution is -0.176. The van der Waals surface area contributed by atoms with Crippen LogP contribution in [0.15, 0.2) is 29.3 Å². The van der Waals surface area contributed by atoms with Crippen LogP contribution in [-0.2, 0) is 31.5 Å². The molecule has 2 N–H and O–H groups in total. The molecule has 0 atom stereocenters. The number of aliphatic imine (C=N–C) groups is 1. The Bertz CT molecular complexity index is 778. The van der Waals surface area contributed by atoms with Crippen molar-refractivity contribution in [3.8, 4) is 0 Å². The second-order valence-corrected chi connectivity index (χ2v) is 5.93. The Morgan fingerprint density at radius 1 is 1.18 bits per heavy atom. The SMILES string of the molecule is CN=C(NCc1cccc(COCC(F)(F)F)c1)NCc1nnc(C)n1C.I. The van der Waals surface area contributed by atoms with Gasteiger partial charge in [0.25, 0.3) is 0 Å². The molecule has 0 spiro atoms. The van der Waals surface area contributed by atoms with E-state index in [-0.39, 0.29) is 30.6 Å². The Morgan fingerprint density at radius 3 is 2.46 bits per heavy atom. The monoisotopic (exact) mass is 512 g/mol. The van der Waals surface area contributed by atoms with Gasteiger partial charge in [-0.25, -0.2) is 0 Å². The van der Waals surface area contributed by atoms with Crippen molar-refractivity contribution in [3.05, 3.63) is 47.0 Å². The number of ether oxygens (including phenoxy) is 1. The Balaban J connectivity index is 0.00000392.